The average Bonchev–Trinajstić information content (AvgIpc) is 2.81. The van der Waals surface area contributed by atoms with E-state index in [9.17, 15) is 0 Å². The van der Waals surface area contributed by atoms with Crippen molar-refractivity contribution < 1.29 is 18.1 Å². The van der Waals surface area contributed by atoms with Crippen molar-refractivity contribution in [1.82, 2.24) is 0 Å². The second-order valence-electron chi connectivity index (χ2n) is 6.53. The minimum absolute atomic E-state index is 0.483. The highest BCUT2D eigenvalue weighted by atomic mass is 31.2. The number of rotatable bonds is 9. The molecule has 4 rings (SSSR count). The molecule has 0 fully saturated rings. The largest absolute Gasteiger partial charge is 0.445 e. The second kappa shape index (κ2) is 10.7. The Morgan fingerprint density at radius 2 is 0.812 bits per heavy atom. The van der Waals surface area contributed by atoms with Crippen LogP contribution in [0.2, 0.25) is 0 Å². The van der Waals surface area contributed by atoms with E-state index in [1.54, 1.807) is 24.3 Å². The van der Waals surface area contributed by atoms with Crippen LogP contribution in [-0.2, 0) is 0 Å². The summed E-state index contributed by atoms with van der Waals surface area (Å²) in [7, 11) is -5.98. The Hall–Kier alpha value is -3.46. The fourth-order valence-corrected chi connectivity index (χ4v) is 5.74. The first-order valence-corrected chi connectivity index (χ1v) is 12.7. The van der Waals surface area contributed by atoms with Gasteiger partial charge in [-0.05, 0) is 48.5 Å². The van der Waals surface area contributed by atoms with E-state index in [0.29, 0.717) is 23.0 Å². The molecule has 0 spiro atoms. The van der Waals surface area contributed by atoms with Crippen LogP contribution < -0.4 is 18.1 Å². The molecular formula is C24H22N2O4P2. The normalized spacial score (nSPS) is 10.9. The average molecular weight is 464 g/mol. The molecule has 6 nitrogen and oxygen atoms in total. The molecule has 0 saturated heterocycles. The standard InChI is InChI=1S/C24H22N2O4P2/c25-32(29-23-17-9-3-10-18-23,30-24-19-11-4-12-20-24)26-31(27-21-13-5-1-6-14-21)28-22-15-7-2-8-16-22/h1-20,25,31H. The van der Waals surface area contributed by atoms with Crippen molar-refractivity contribution in [3.63, 3.8) is 0 Å². The number of hydrogen-bond acceptors (Lipinski definition) is 5. The van der Waals surface area contributed by atoms with Gasteiger partial charge in [0.05, 0.1) is 0 Å². The van der Waals surface area contributed by atoms with Crippen LogP contribution in [0.15, 0.2) is 126 Å². The molecule has 162 valence electrons. The topological polar surface area (TPSA) is 73.1 Å². The number of hydrogen-bond donors (Lipinski definition) is 1. The van der Waals surface area contributed by atoms with Crippen LogP contribution in [0.25, 0.3) is 0 Å². The minimum Gasteiger partial charge on any atom is -0.432 e. The molecule has 0 saturated carbocycles. The smallest absolute Gasteiger partial charge is 0.432 e. The van der Waals surface area contributed by atoms with E-state index in [2.05, 4.69) is 4.52 Å². The molecule has 0 atom stereocenters. The zero-order chi connectivity index (χ0) is 22.1. The van der Waals surface area contributed by atoms with Gasteiger partial charge in [0.1, 0.15) is 23.0 Å². The van der Waals surface area contributed by atoms with Gasteiger partial charge < -0.3 is 18.1 Å². The van der Waals surface area contributed by atoms with Gasteiger partial charge in [0.15, 0.2) is 0 Å². The van der Waals surface area contributed by atoms with Gasteiger partial charge >= 0.3 is 15.8 Å². The van der Waals surface area contributed by atoms with Crippen LogP contribution in [0.3, 0.4) is 0 Å². The summed E-state index contributed by atoms with van der Waals surface area (Å²) >= 11 is 0. The Labute approximate surface area is 188 Å². The van der Waals surface area contributed by atoms with Crippen LogP contribution in [-0.4, -0.2) is 0 Å². The lowest BCUT2D eigenvalue weighted by molar-refractivity contribution is 0.466. The molecule has 8 heteroatoms. The molecule has 1 N–H and O–H groups in total. The summed E-state index contributed by atoms with van der Waals surface area (Å²) in [6, 6.07) is 36.6. The van der Waals surface area contributed by atoms with E-state index >= 15 is 0 Å². The first kappa shape index (κ1) is 21.8. The number of para-hydroxylation sites is 4. The Kier molecular flexibility index (Phi) is 7.29. The molecule has 0 unspecified atom stereocenters. The van der Waals surface area contributed by atoms with Crippen LogP contribution >= 0.6 is 15.8 Å². The summed E-state index contributed by atoms with van der Waals surface area (Å²) < 4.78 is 28.6. The van der Waals surface area contributed by atoms with E-state index in [0.717, 1.165) is 0 Å². The number of nitrogens with zero attached hydrogens (tertiary/aromatic N) is 1. The molecule has 4 aromatic rings. The Morgan fingerprint density at radius 1 is 0.500 bits per heavy atom. The van der Waals surface area contributed by atoms with Crippen LogP contribution in [0.5, 0.6) is 23.0 Å². The quantitative estimate of drug-likeness (QED) is 0.254. The lowest BCUT2D eigenvalue weighted by Crippen LogP contribution is -1.99. The van der Waals surface area contributed by atoms with Crippen molar-refractivity contribution in [3.8, 4) is 23.0 Å². The number of nitrogens with one attached hydrogen (secondary N) is 1. The molecule has 0 amide bonds. The molecule has 0 aliphatic heterocycles. The SMILES string of the molecule is N=P(N=[PH](Oc1ccccc1)Oc1ccccc1)(Oc1ccccc1)Oc1ccccc1. The highest BCUT2D eigenvalue weighted by molar-refractivity contribution is 7.60. The Balaban J connectivity index is 1.71. The maximum atomic E-state index is 9.02. The van der Waals surface area contributed by atoms with Gasteiger partial charge in [-0.15, -0.1) is 4.52 Å². The summed E-state index contributed by atoms with van der Waals surface area (Å²) in [5, 5.41) is 9.02. The van der Waals surface area contributed by atoms with Gasteiger partial charge in [-0.2, -0.15) is 0 Å². The zero-order valence-electron chi connectivity index (χ0n) is 17.1. The van der Waals surface area contributed by atoms with E-state index in [-0.39, 0.29) is 0 Å². The van der Waals surface area contributed by atoms with Crippen molar-refractivity contribution in [2.45, 2.75) is 0 Å². The molecule has 0 aliphatic carbocycles. The minimum atomic E-state index is -3.57. The fourth-order valence-electron chi connectivity index (χ4n) is 2.66. The summed E-state index contributed by atoms with van der Waals surface area (Å²) in [5.41, 5.74) is 0. The van der Waals surface area contributed by atoms with Gasteiger partial charge in [-0.25, -0.2) is 5.16 Å². The van der Waals surface area contributed by atoms with Crippen molar-refractivity contribution in [2.24, 2.45) is 4.52 Å². The summed E-state index contributed by atoms with van der Waals surface area (Å²) in [4.78, 5) is 0. The molecule has 0 radical (unpaired) electrons. The first-order valence-electron chi connectivity index (χ1n) is 9.88. The van der Waals surface area contributed by atoms with Crippen molar-refractivity contribution in [1.29, 1.82) is 5.16 Å². The Morgan fingerprint density at radius 3 is 1.16 bits per heavy atom. The predicted molar refractivity (Wildman–Crippen MR) is 129 cm³/mol. The van der Waals surface area contributed by atoms with Crippen LogP contribution in [0, 0.1) is 5.16 Å². The van der Waals surface area contributed by atoms with Gasteiger partial charge in [0, 0.05) is 0 Å². The van der Waals surface area contributed by atoms with Gasteiger partial charge in [0.25, 0.3) is 0 Å². The molecule has 0 aromatic heterocycles. The van der Waals surface area contributed by atoms with Crippen LogP contribution in [0.1, 0.15) is 0 Å². The molecule has 0 heterocycles. The maximum absolute atomic E-state index is 9.02. The van der Waals surface area contributed by atoms with Crippen molar-refractivity contribution in [3.05, 3.63) is 121 Å². The summed E-state index contributed by atoms with van der Waals surface area (Å²) in [6.45, 7) is 0. The third-order valence-corrected chi connectivity index (χ3v) is 7.50. The highest BCUT2D eigenvalue weighted by Gasteiger charge is 2.25. The van der Waals surface area contributed by atoms with E-state index < -0.39 is 15.8 Å². The molecule has 0 aliphatic rings. The van der Waals surface area contributed by atoms with Gasteiger partial charge in [-0.3, -0.25) is 0 Å². The molecular weight excluding hydrogens is 442 g/mol. The van der Waals surface area contributed by atoms with Crippen molar-refractivity contribution >= 4 is 15.8 Å². The third-order valence-electron chi connectivity index (χ3n) is 4.05. The number of benzene rings is 4. The summed E-state index contributed by atoms with van der Waals surface area (Å²) in [5.74, 6) is 2.15. The van der Waals surface area contributed by atoms with E-state index in [1.165, 1.54) is 0 Å². The highest BCUT2D eigenvalue weighted by Crippen LogP contribution is 2.56. The lowest BCUT2D eigenvalue weighted by atomic mass is 10.3. The lowest BCUT2D eigenvalue weighted by Gasteiger charge is -2.21. The third kappa shape index (κ3) is 6.52. The maximum Gasteiger partial charge on any atom is 0.445 e. The first-order chi connectivity index (χ1) is 15.7. The Bertz CT molecular complexity index is 1100. The molecule has 32 heavy (non-hydrogen) atoms. The monoisotopic (exact) mass is 464 g/mol. The van der Waals surface area contributed by atoms with Crippen molar-refractivity contribution in [2.75, 3.05) is 0 Å². The zero-order valence-corrected chi connectivity index (χ0v) is 19.0. The van der Waals surface area contributed by atoms with E-state index in [1.807, 2.05) is 97.1 Å². The van der Waals surface area contributed by atoms with Crippen LogP contribution in [0.4, 0.5) is 0 Å². The second-order valence-corrected chi connectivity index (χ2v) is 9.67. The van der Waals surface area contributed by atoms with Gasteiger partial charge in [0.2, 0.25) is 0 Å². The predicted octanol–water partition coefficient (Wildman–Crippen LogP) is 8.06. The molecule has 4 aromatic carbocycles. The van der Waals surface area contributed by atoms with E-state index in [4.69, 9.17) is 23.3 Å². The van der Waals surface area contributed by atoms with Gasteiger partial charge in [-0.1, -0.05) is 72.8 Å². The molecule has 0 bridgehead atoms. The fraction of sp³-hybridized carbons (Fsp3) is 0. The summed E-state index contributed by atoms with van der Waals surface area (Å²) in [6.07, 6.45) is 0.